The molecular formula is C18H22N2O6. The van der Waals surface area contributed by atoms with Gasteiger partial charge in [0.15, 0.2) is 0 Å². The summed E-state index contributed by atoms with van der Waals surface area (Å²) in [6.07, 6.45) is 0.600. The first-order chi connectivity index (χ1) is 12.4. The molecule has 0 unspecified atom stereocenters. The second kappa shape index (κ2) is 7.45. The van der Waals surface area contributed by atoms with Gasteiger partial charge in [0, 0.05) is 17.9 Å². The summed E-state index contributed by atoms with van der Waals surface area (Å²) in [5.41, 5.74) is 3.24. The SMILES string of the molecule is COc1ccc(-c2nc(CC3COC(C)(C(=O)NO)OC3)c(C)o2)cc1. The maximum atomic E-state index is 11.6. The molecule has 1 aromatic heterocycles. The fourth-order valence-electron chi connectivity index (χ4n) is 2.74. The third-order valence-corrected chi connectivity index (χ3v) is 4.41. The van der Waals surface area contributed by atoms with Gasteiger partial charge in [-0.25, -0.2) is 10.5 Å². The molecule has 0 saturated carbocycles. The zero-order valence-corrected chi connectivity index (χ0v) is 14.9. The first-order valence-corrected chi connectivity index (χ1v) is 8.28. The zero-order chi connectivity index (χ0) is 18.7. The minimum Gasteiger partial charge on any atom is -0.497 e. The van der Waals surface area contributed by atoms with Gasteiger partial charge in [0.25, 0.3) is 0 Å². The Hall–Kier alpha value is -2.42. The van der Waals surface area contributed by atoms with Crippen molar-refractivity contribution in [3.63, 3.8) is 0 Å². The third-order valence-electron chi connectivity index (χ3n) is 4.41. The molecule has 0 atom stereocenters. The summed E-state index contributed by atoms with van der Waals surface area (Å²) in [6, 6.07) is 7.48. The molecular weight excluding hydrogens is 340 g/mol. The van der Waals surface area contributed by atoms with Crippen molar-refractivity contribution in [3.05, 3.63) is 35.7 Å². The summed E-state index contributed by atoms with van der Waals surface area (Å²) in [4.78, 5) is 16.1. The maximum Gasteiger partial charge on any atom is 0.303 e. The molecule has 8 heteroatoms. The highest BCUT2D eigenvalue weighted by molar-refractivity contribution is 5.82. The van der Waals surface area contributed by atoms with Gasteiger partial charge >= 0.3 is 5.91 Å². The van der Waals surface area contributed by atoms with Crippen LogP contribution in [-0.4, -0.2) is 42.2 Å². The molecule has 3 rings (SSSR count). The summed E-state index contributed by atoms with van der Waals surface area (Å²) in [5, 5.41) is 8.74. The van der Waals surface area contributed by atoms with Gasteiger partial charge < -0.3 is 18.6 Å². The fourth-order valence-corrected chi connectivity index (χ4v) is 2.74. The number of hydrogen-bond donors (Lipinski definition) is 2. The van der Waals surface area contributed by atoms with E-state index >= 15 is 0 Å². The molecule has 0 radical (unpaired) electrons. The van der Waals surface area contributed by atoms with Crippen LogP contribution in [0, 0.1) is 12.8 Å². The van der Waals surface area contributed by atoms with Crippen molar-refractivity contribution in [1.82, 2.24) is 10.5 Å². The molecule has 0 spiro atoms. The van der Waals surface area contributed by atoms with Crippen LogP contribution in [0.25, 0.3) is 11.5 Å². The normalized spacial score (nSPS) is 22.8. The van der Waals surface area contributed by atoms with Gasteiger partial charge in [-0.2, -0.15) is 0 Å². The van der Waals surface area contributed by atoms with Crippen molar-refractivity contribution in [1.29, 1.82) is 0 Å². The van der Waals surface area contributed by atoms with E-state index in [-0.39, 0.29) is 5.92 Å². The van der Waals surface area contributed by atoms with Crippen molar-refractivity contribution < 1.29 is 28.6 Å². The molecule has 1 aliphatic heterocycles. The van der Waals surface area contributed by atoms with E-state index in [1.807, 2.05) is 31.2 Å². The van der Waals surface area contributed by atoms with Crippen LogP contribution < -0.4 is 10.2 Å². The van der Waals surface area contributed by atoms with E-state index in [0.29, 0.717) is 25.5 Å². The smallest absolute Gasteiger partial charge is 0.303 e. The molecule has 2 N–H and O–H groups in total. The predicted molar refractivity (Wildman–Crippen MR) is 90.7 cm³/mol. The number of nitrogens with one attached hydrogen (secondary N) is 1. The Balaban J connectivity index is 1.66. The van der Waals surface area contributed by atoms with Gasteiger partial charge in [-0.3, -0.25) is 10.0 Å². The molecule has 1 fully saturated rings. The summed E-state index contributed by atoms with van der Waals surface area (Å²) < 4.78 is 21.9. The number of hydroxylamine groups is 1. The van der Waals surface area contributed by atoms with E-state index in [9.17, 15) is 4.79 Å². The lowest BCUT2D eigenvalue weighted by atomic mass is 10.0. The molecule has 1 aromatic carbocycles. The Kier molecular flexibility index (Phi) is 5.26. The minimum atomic E-state index is -1.47. The zero-order valence-electron chi connectivity index (χ0n) is 14.9. The fraction of sp³-hybridized carbons (Fsp3) is 0.444. The van der Waals surface area contributed by atoms with Gasteiger partial charge in [0.2, 0.25) is 11.7 Å². The van der Waals surface area contributed by atoms with E-state index in [2.05, 4.69) is 4.98 Å². The first-order valence-electron chi connectivity index (χ1n) is 8.28. The van der Waals surface area contributed by atoms with Gasteiger partial charge in [0.1, 0.15) is 11.5 Å². The number of methoxy groups -OCH3 is 1. The largest absolute Gasteiger partial charge is 0.497 e. The predicted octanol–water partition coefficient (Wildman–Crippen LogP) is 2.09. The molecule has 2 aromatic rings. The van der Waals surface area contributed by atoms with Gasteiger partial charge in [-0.05, 0) is 38.1 Å². The average molecular weight is 362 g/mol. The molecule has 0 aliphatic carbocycles. The standard InChI is InChI=1S/C18H22N2O6/c1-11-15(8-12-9-24-18(2,25-10-12)17(21)20-22)19-16(26-11)13-4-6-14(23-3)7-5-13/h4-7,12,22H,8-10H2,1-3H3,(H,20,21). The number of ether oxygens (including phenoxy) is 3. The number of carbonyl (C=O) groups excluding carboxylic acids is 1. The minimum absolute atomic E-state index is 0.0297. The molecule has 8 nitrogen and oxygen atoms in total. The van der Waals surface area contributed by atoms with Crippen molar-refractivity contribution >= 4 is 5.91 Å². The Morgan fingerprint density at radius 1 is 1.35 bits per heavy atom. The van der Waals surface area contributed by atoms with E-state index in [1.165, 1.54) is 6.92 Å². The second-order valence-corrected chi connectivity index (χ2v) is 6.33. The van der Waals surface area contributed by atoms with Gasteiger partial charge in [0.05, 0.1) is 26.0 Å². The summed E-state index contributed by atoms with van der Waals surface area (Å²) in [5.74, 6) is -0.126. The molecule has 26 heavy (non-hydrogen) atoms. The monoisotopic (exact) mass is 362 g/mol. The lowest BCUT2D eigenvalue weighted by molar-refractivity contribution is -0.263. The number of aryl methyl sites for hydroxylation is 1. The Morgan fingerprint density at radius 3 is 2.58 bits per heavy atom. The highest BCUT2D eigenvalue weighted by atomic mass is 16.7. The van der Waals surface area contributed by atoms with Crippen LogP contribution in [-0.2, 0) is 20.7 Å². The second-order valence-electron chi connectivity index (χ2n) is 6.33. The highest BCUT2D eigenvalue weighted by Crippen LogP contribution is 2.28. The average Bonchev–Trinajstić information content (AvgIpc) is 3.03. The number of hydrogen-bond acceptors (Lipinski definition) is 7. The van der Waals surface area contributed by atoms with Crippen molar-refractivity contribution in [3.8, 4) is 17.2 Å². The van der Waals surface area contributed by atoms with Crippen LogP contribution in [0.4, 0.5) is 0 Å². The van der Waals surface area contributed by atoms with Crippen LogP contribution >= 0.6 is 0 Å². The van der Waals surface area contributed by atoms with Crippen molar-refractivity contribution in [2.45, 2.75) is 26.1 Å². The Labute approximate surface area is 151 Å². The topological polar surface area (TPSA) is 103 Å². The lowest BCUT2D eigenvalue weighted by Gasteiger charge is -2.35. The van der Waals surface area contributed by atoms with Crippen LogP contribution in [0.3, 0.4) is 0 Å². The van der Waals surface area contributed by atoms with Crippen LogP contribution in [0.2, 0.25) is 0 Å². The van der Waals surface area contributed by atoms with E-state index < -0.39 is 11.7 Å². The molecule has 1 saturated heterocycles. The van der Waals surface area contributed by atoms with Crippen LogP contribution in [0.1, 0.15) is 18.4 Å². The first kappa shape index (κ1) is 18.4. The lowest BCUT2D eigenvalue weighted by Crippen LogP contribution is -2.52. The molecule has 1 aliphatic rings. The number of amides is 1. The number of rotatable bonds is 5. The van der Waals surface area contributed by atoms with Crippen molar-refractivity contribution in [2.75, 3.05) is 20.3 Å². The molecule has 2 heterocycles. The molecule has 1 amide bonds. The number of nitrogens with zero attached hydrogens (tertiary/aromatic N) is 1. The van der Waals surface area contributed by atoms with E-state index in [1.54, 1.807) is 12.6 Å². The third kappa shape index (κ3) is 3.72. The maximum absolute atomic E-state index is 11.6. The highest BCUT2D eigenvalue weighted by Gasteiger charge is 2.40. The van der Waals surface area contributed by atoms with Crippen molar-refractivity contribution in [2.24, 2.45) is 5.92 Å². The van der Waals surface area contributed by atoms with E-state index in [4.69, 9.17) is 23.8 Å². The number of aromatic nitrogens is 1. The Morgan fingerprint density at radius 2 is 2.00 bits per heavy atom. The Bertz CT molecular complexity index is 762. The van der Waals surface area contributed by atoms with E-state index in [0.717, 1.165) is 22.8 Å². The van der Waals surface area contributed by atoms with Gasteiger partial charge in [-0.15, -0.1) is 0 Å². The molecule has 0 bridgehead atoms. The number of oxazole rings is 1. The van der Waals surface area contributed by atoms with Crippen LogP contribution in [0.15, 0.2) is 28.7 Å². The quantitative estimate of drug-likeness (QED) is 0.620. The van der Waals surface area contributed by atoms with Gasteiger partial charge in [-0.1, -0.05) is 0 Å². The summed E-state index contributed by atoms with van der Waals surface area (Å²) in [7, 11) is 1.62. The number of carbonyl (C=O) groups is 1. The summed E-state index contributed by atoms with van der Waals surface area (Å²) in [6.45, 7) is 3.96. The van der Waals surface area contributed by atoms with Crippen LogP contribution in [0.5, 0.6) is 5.75 Å². The summed E-state index contributed by atoms with van der Waals surface area (Å²) >= 11 is 0. The molecule has 140 valence electrons. The number of benzene rings is 1.